The summed E-state index contributed by atoms with van der Waals surface area (Å²) in [7, 11) is 1.76. The molecule has 0 aliphatic heterocycles. The molecule has 0 saturated carbocycles. The number of benzene rings is 1. The molecule has 0 heterocycles. The molecular weight excluding hydrogens is 254 g/mol. The van der Waals surface area contributed by atoms with E-state index in [0.717, 1.165) is 19.6 Å². The maximum absolute atomic E-state index is 5.12. The molecular formula is C16H27NOS. The van der Waals surface area contributed by atoms with Gasteiger partial charge >= 0.3 is 0 Å². The van der Waals surface area contributed by atoms with E-state index in [0.29, 0.717) is 11.3 Å². The van der Waals surface area contributed by atoms with E-state index < -0.39 is 0 Å². The Morgan fingerprint density at radius 1 is 1.21 bits per heavy atom. The average molecular weight is 281 g/mol. The Bertz CT molecular complexity index is 339. The van der Waals surface area contributed by atoms with Gasteiger partial charge in [0, 0.05) is 29.9 Å². The molecule has 0 radical (unpaired) electrons. The normalized spacial score (nSPS) is 14.3. The fourth-order valence-electron chi connectivity index (χ4n) is 1.89. The molecule has 0 aliphatic carbocycles. The van der Waals surface area contributed by atoms with Crippen LogP contribution in [-0.2, 0) is 4.74 Å². The van der Waals surface area contributed by atoms with Gasteiger partial charge in [0.2, 0.25) is 0 Å². The first-order valence-corrected chi connectivity index (χ1v) is 8.04. The van der Waals surface area contributed by atoms with Crippen LogP contribution in [0.5, 0.6) is 0 Å². The summed E-state index contributed by atoms with van der Waals surface area (Å²) in [6.45, 7) is 8.58. The molecule has 0 aromatic heterocycles. The van der Waals surface area contributed by atoms with E-state index in [1.807, 2.05) is 11.8 Å². The second kappa shape index (κ2) is 9.40. The molecule has 3 heteroatoms. The summed E-state index contributed by atoms with van der Waals surface area (Å²) < 4.78 is 5.12. The number of methoxy groups -OCH3 is 1. The summed E-state index contributed by atoms with van der Waals surface area (Å²) in [5.41, 5.74) is 1.36. The Kier molecular flexibility index (Phi) is 8.19. The molecule has 0 aliphatic rings. The van der Waals surface area contributed by atoms with Crippen LogP contribution in [0.2, 0.25) is 0 Å². The van der Waals surface area contributed by atoms with Crippen LogP contribution >= 0.6 is 11.8 Å². The topological polar surface area (TPSA) is 21.3 Å². The van der Waals surface area contributed by atoms with Crippen molar-refractivity contribution in [3.8, 4) is 0 Å². The molecule has 1 aromatic carbocycles. The molecule has 1 aromatic rings. The molecule has 108 valence electrons. The van der Waals surface area contributed by atoms with Crippen molar-refractivity contribution in [2.75, 3.05) is 20.3 Å². The molecule has 0 saturated heterocycles. The van der Waals surface area contributed by atoms with Crippen molar-refractivity contribution in [2.45, 2.75) is 49.8 Å². The van der Waals surface area contributed by atoms with Crippen LogP contribution in [0.3, 0.4) is 0 Å². The maximum atomic E-state index is 5.12. The van der Waals surface area contributed by atoms with Crippen LogP contribution in [0.25, 0.3) is 0 Å². The first kappa shape index (κ1) is 16.5. The highest BCUT2D eigenvalue weighted by atomic mass is 32.2. The average Bonchev–Trinajstić information content (AvgIpc) is 2.43. The summed E-state index contributed by atoms with van der Waals surface area (Å²) in [5, 5.41) is 4.11. The number of thioether (sulfide) groups is 1. The molecule has 0 bridgehead atoms. The Labute approximate surface area is 122 Å². The molecule has 0 fully saturated rings. The molecule has 2 nitrogen and oxygen atoms in total. The Morgan fingerprint density at radius 2 is 1.89 bits per heavy atom. The van der Waals surface area contributed by atoms with Crippen molar-refractivity contribution in [1.82, 2.24) is 5.32 Å². The van der Waals surface area contributed by atoms with Crippen molar-refractivity contribution in [3.05, 3.63) is 29.8 Å². The number of hydrogen-bond donors (Lipinski definition) is 1. The zero-order valence-corrected chi connectivity index (χ0v) is 13.4. The third kappa shape index (κ3) is 6.46. The lowest BCUT2D eigenvalue weighted by atomic mass is 10.1. The predicted molar refractivity (Wildman–Crippen MR) is 85.0 cm³/mol. The van der Waals surface area contributed by atoms with Crippen LogP contribution < -0.4 is 5.32 Å². The minimum atomic E-state index is 0.435. The van der Waals surface area contributed by atoms with Crippen molar-refractivity contribution in [2.24, 2.45) is 0 Å². The van der Waals surface area contributed by atoms with Crippen LogP contribution in [0.15, 0.2) is 29.2 Å². The van der Waals surface area contributed by atoms with Crippen molar-refractivity contribution in [1.29, 1.82) is 0 Å². The summed E-state index contributed by atoms with van der Waals surface area (Å²) in [6, 6.07) is 9.36. The van der Waals surface area contributed by atoms with Gasteiger partial charge in [-0.05, 0) is 44.0 Å². The highest BCUT2D eigenvalue weighted by molar-refractivity contribution is 7.99. The second-order valence-electron chi connectivity index (χ2n) is 4.95. The first-order chi connectivity index (χ1) is 9.17. The zero-order valence-electron chi connectivity index (χ0n) is 12.6. The fourth-order valence-corrected chi connectivity index (χ4v) is 2.86. The van der Waals surface area contributed by atoms with E-state index in [1.165, 1.54) is 16.9 Å². The van der Waals surface area contributed by atoms with Gasteiger partial charge in [-0.25, -0.2) is 0 Å². The number of hydrogen-bond acceptors (Lipinski definition) is 3. The summed E-state index contributed by atoms with van der Waals surface area (Å²) in [5.74, 6) is 0. The van der Waals surface area contributed by atoms with Crippen molar-refractivity contribution in [3.63, 3.8) is 0 Å². The van der Waals surface area contributed by atoms with Gasteiger partial charge in [0.1, 0.15) is 0 Å². The van der Waals surface area contributed by atoms with Gasteiger partial charge in [-0.2, -0.15) is 0 Å². The van der Waals surface area contributed by atoms with Gasteiger partial charge in [0.25, 0.3) is 0 Å². The first-order valence-electron chi connectivity index (χ1n) is 7.16. The second-order valence-corrected chi connectivity index (χ2v) is 6.47. The number of nitrogens with one attached hydrogen (secondary N) is 1. The monoisotopic (exact) mass is 281 g/mol. The van der Waals surface area contributed by atoms with Crippen LogP contribution in [-0.4, -0.2) is 25.5 Å². The Morgan fingerprint density at radius 3 is 2.47 bits per heavy atom. The Hall–Kier alpha value is -0.510. The third-order valence-electron chi connectivity index (χ3n) is 3.15. The molecule has 2 unspecified atom stereocenters. The van der Waals surface area contributed by atoms with Gasteiger partial charge in [0.05, 0.1) is 0 Å². The van der Waals surface area contributed by atoms with Crippen molar-refractivity contribution >= 4 is 11.8 Å². The van der Waals surface area contributed by atoms with Gasteiger partial charge in [-0.3, -0.25) is 0 Å². The highest BCUT2D eigenvalue weighted by Crippen LogP contribution is 2.26. The molecule has 19 heavy (non-hydrogen) atoms. The third-order valence-corrected chi connectivity index (χ3v) is 4.33. The number of rotatable bonds is 9. The van der Waals surface area contributed by atoms with E-state index in [4.69, 9.17) is 4.74 Å². The quantitative estimate of drug-likeness (QED) is 0.683. The summed E-state index contributed by atoms with van der Waals surface area (Å²) in [6.07, 6.45) is 2.27. The fraction of sp³-hybridized carbons (Fsp3) is 0.625. The largest absolute Gasteiger partial charge is 0.385 e. The Balaban J connectivity index is 2.46. The molecule has 1 N–H and O–H groups in total. The summed E-state index contributed by atoms with van der Waals surface area (Å²) >= 11 is 1.92. The number of ether oxygens (including phenoxy) is 1. The van der Waals surface area contributed by atoms with Crippen molar-refractivity contribution < 1.29 is 4.74 Å². The minimum absolute atomic E-state index is 0.435. The van der Waals surface area contributed by atoms with Gasteiger partial charge in [-0.15, -0.1) is 11.8 Å². The van der Waals surface area contributed by atoms with E-state index >= 15 is 0 Å². The van der Waals surface area contributed by atoms with E-state index in [-0.39, 0.29) is 0 Å². The SMILES string of the molecule is CCCNC(C)c1ccc(SC(C)CCOC)cc1. The lowest BCUT2D eigenvalue weighted by molar-refractivity contribution is 0.195. The lowest BCUT2D eigenvalue weighted by Crippen LogP contribution is -2.19. The van der Waals surface area contributed by atoms with E-state index in [1.54, 1.807) is 7.11 Å². The van der Waals surface area contributed by atoms with Crippen LogP contribution in [0.1, 0.15) is 45.2 Å². The van der Waals surface area contributed by atoms with Gasteiger partial charge < -0.3 is 10.1 Å². The highest BCUT2D eigenvalue weighted by Gasteiger charge is 2.06. The van der Waals surface area contributed by atoms with E-state index in [9.17, 15) is 0 Å². The minimum Gasteiger partial charge on any atom is -0.385 e. The standard InChI is InChI=1S/C16H27NOS/c1-5-11-17-14(3)15-6-8-16(9-7-15)19-13(2)10-12-18-4/h6-9,13-14,17H,5,10-12H2,1-4H3. The predicted octanol–water partition coefficient (Wildman–Crippen LogP) is 4.26. The van der Waals surface area contributed by atoms with Gasteiger partial charge in [0.15, 0.2) is 0 Å². The van der Waals surface area contributed by atoms with E-state index in [2.05, 4.69) is 50.4 Å². The van der Waals surface area contributed by atoms with Crippen LogP contribution in [0.4, 0.5) is 0 Å². The smallest absolute Gasteiger partial charge is 0.0472 e. The molecule has 0 spiro atoms. The molecule has 2 atom stereocenters. The molecule has 1 rings (SSSR count). The maximum Gasteiger partial charge on any atom is 0.0472 e. The lowest BCUT2D eigenvalue weighted by Gasteiger charge is -2.15. The molecule has 0 amide bonds. The van der Waals surface area contributed by atoms with Crippen LogP contribution in [0, 0.1) is 0 Å². The zero-order chi connectivity index (χ0) is 14.1. The van der Waals surface area contributed by atoms with Gasteiger partial charge in [-0.1, -0.05) is 26.0 Å². The summed E-state index contributed by atoms with van der Waals surface area (Å²) in [4.78, 5) is 1.34.